The number of rotatable bonds is 5. The van der Waals surface area contributed by atoms with Crippen LogP contribution in [0.5, 0.6) is 0 Å². The quantitative estimate of drug-likeness (QED) is 0.791. The molecule has 0 aliphatic heterocycles. The van der Waals surface area contributed by atoms with Crippen LogP contribution in [0.1, 0.15) is 30.9 Å². The highest BCUT2D eigenvalue weighted by molar-refractivity contribution is 5.26. The van der Waals surface area contributed by atoms with Gasteiger partial charge in [-0.1, -0.05) is 36.4 Å². The van der Waals surface area contributed by atoms with Crippen molar-refractivity contribution in [3.63, 3.8) is 0 Å². The van der Waals surface area contributed by atoms with Crippen LogP contribution in [-0.4, -0.2) is 12.6 Å². The highest BCUT2D eigenvalue weighted by atomic mass is 14.9. The van der Waals surface area contributed by atoms with Crippen LogP contribution in [-0.2, 0) is 6.42 Å². The number of aryl methyl sites for hydroxylation is 1. The van der Waals surface area contributed by atoms with Crippen LogP contribution in [0.2, 0.25) is 0 Å². The van der Waals surface area contributed by atoms with Crippen LogP contribution in [0.25, 0.3) is 0 Å². The van der Waals surface area contributed by atoms with Crippen LogP contribution in [0.4, 0.5) is 0 Å². The van der Waals surface area contributed by atoms with Gasteiger partial charge in [-0.3, -0.25) is 0 Å². The molecule has 1 aromatic carbocycles. The molecule has 2 aliphatic rings. The monoisotopic (exact) mass is 255 g/mol. The van der Waals surface area contributed by atoms with E-state index in [1.165, 1.54) is 30.5 Å². The molecule has 1 aromatic rings. The van der Waals surface area contributed by atoms with Crippen LogP contribution >= 0.6 is 0 Å². The van der Waals surface area contributed by atoms with Gasteiger partial charge in [-0.05, 0) is 68.5 Å². The summed E-state index contributed by atoms with van der Waals surface area (Å²) in [5.41, 5.74) is 2.90. The molecule has 4 atom stereocenters. The van der Waals surface area contributed by atoms with Crippen LogP contribution in [0.3, 0.4) is 0 Å². The van der Waals surface area contributed by atoms with Gasteiger partial charge in [0.25, 0.3) is 0 Å². The lowest BCUT2D eigenvalue weighted by atomic mass is 9.93. The minimum atomic E-state index is 0.573. The summed E-state index contributed by atoms with van der Waals surface area (Å²) in [4.78, 5) is 0. The second kappa shape index (κ2) is 5.50. The van der Waals surface area contributed by atoms with Crippen molar-refractivity contribution in [2.45, 2.75) is 39.2 Å². The van der Waals surface area contributed by atoms with Gasteiger partial charge in [-0.2, -0.15) is 0 Å². The molecule has 0 aromatic heterocycles. The molecule has 0 spiro atoms. The topological polar surface area (TPSA) is 12.0 Å². The first-order valence-electron chi connectivity index (χ1n) is 7.68. The van der Waals surface area contributed by atoms with Crippen molar-refractivity contribution in [2.75, 3.05) is 6.54 Å². The largest absolute Gasteiger partial charge is 0.314 e. The van der Waals surface area contributed by atoms with E-state index in [4.69, 9.17) is 0 Å². The van der Waals surface area contributed by atoms with Gasteiger partial charge in [-0.25, -0.2) is 0 Å². The molecule has 1 heteroatoms. The van der Waals surface area contributed by atoms with E-state index in [-0.39, 0.29) is 0 Å². The van der Waals surface area contributed by atoms with Crippen molar-refractivity contribution in [2.24, 2.45) is 17.8 Å². The van der Waals surface area contributed by atoms with E-state index in [1.54, 1.807) is 0 Å². The van der Waals surface area contributed by atoms with Crippen LogP contribution in [0.15, 0.2) is 36.4 Å². The van der Waals surface area contributed by atoms with Crippen molar-refractivity contribution in [1.82, 2.24) is 5.32 Å². The molecular weight excluding hydrogens is 230 g/mol. The van der Waals surface area contributed by atoms with Gasteiger partial charge in [0.1, 0.15) is 0 Å². The fourth-order valence-corrected chi connectivity index (χ4v) is 3.72. The molecular formula is C18H25N. The standard InChI is InChI=1S/C18H25N/c1-13-5-3-4-6-16(13)9-14(2)19-12-18-11-15-7-8-17(18)10-15/h3-8,14-15,17-19H,9-12H2,1-2H3. The second-order valence-electron chi connectivity index (χ2n) is 6.48. The lowest BCUT2D eigenvalue weighted by molar-refractivity contribution is 0.389. The minimum Gasteiger partial charge on any atom is -0.314 e. The predicted octanol–water partition coefficient (Wildman–Crippen LogP) is 3.73. The highest BCUT2D eigenvalue weighted by Crippen LogP contribution is 2.42. The van der Waals surface area contributed by atoms with Crippen molar-refractivity contribution in [3.05, 3.63) is 47.5 Å². The van der Waals surface area contributed by atoms with Crippen molar-refractivity contribution in [1.29, 1.82) is 0 Å². The molecule has 3 rings (SSSR count). The van der Waals surface area contributed by atoms with Crippen LogP contribution in [0, 0.1) is 24.7 Å². The number of fused-ring (bicyclic) bond motifs is 2. The Morgan fingerprint density at radius 3 is 2.74 bits per heavy atom. The zero-order chi connectivity index (χ0) is 13.2. The zero-order valence-corrected chi connectivity index (χ0v) is 12.1. The third-order valence-corrected chi connectivity index (χ3v) is 4.93. The van der Waals surface area contributed by atoms with E-state index < -0.39 is 0 Å². The summed E-state index contributed by atoms with van der Waals surface area (Å²) in [6.07, 6.45) is 8.84. The summed E-state index contributed by atoms with van der Waals surface area (Å²) in [6.45, 7) is 5.72. The van der Waals surface area contributed by atoms with Gasteiger partial charge in [-0.15, -0.1) is 0 Å². The van der Waals surface area contributed by atoms with Gasteiger partial charge in [0.2, 0.25) is 0 Å². The summed E-state index contributed by atoms with van der Waals surface area (Å²) in [6, 6.07) is 9.31. The molecule has 4 unspecified atom stereocenters. The maximum atomic E-state index is 3.75. The van der Waals surface area contributed by atoms with E-state index in [0.717, 1.165) is 24.2 Å². The van der Waals surface area contributed by atoms with Crippen molar-refractivity contribution < 1.29 is 0 Å². The average Bonchev–Trinajstić information content (AvgIpc) is 3.01. The summed E-state index contributed by atoms with van der Waals surface area (Å²) in [5.74, 6) is 2.64. The molecule has 2 bridgehead atoms. The lowest BCUT2D eigenvalue weighted by Gasteiger charge is -2.22. The van der Waals surface area contributed by atoms with Crippen molar-refractivity contribution in [3.8, 4) is 0 Å². The molecule has 19 heavy (non-hydrogen) atoms. The Labute approximate surface area is 117 Å². The van der Waals surface area contributed by atoms with Gasteiger partial charge >= 0.3 is 0 Å². The number of nitrogens with one attached hydrogen (secondary N) is 1. The Balaban J connectivity index is 1.48. The molecule has 1 N–H and O–H groups in total. The molecule has 0 radical (unpaired) electrons. The maximum Gasteiger partial charge on any atom is 0.00793 e. The summed E-state index contributed by atoms with van der Waals surface area (Å²) in [5, 5.41) is 3.75. The third kappa shape index (κ3) is 2.92. The molecule has 1 fully saturated rings. The average molecular weight is 255 g/mol. The second-order valence-corrected chi connectivity index (χ2v) is 6.48. The smallest absolute Gasteiger partial charge is 0.00793 e. The SMILES string of the molecule is Cc1ccccc1CC(C)NCC1CC2C=CC1C2. The summed E-state index contributed by atoms with van der Waals surface area (Å²) in [7, 11) is 0. The maximum absolute atomic E-state index is 3.75. The molecule has 1 nitrogen and oxygen atoms in total. The molecule has 0 heterocycles. The van der Waals surface area contributed by atoms with E-state index in [9.17, 15) is 0 Å². The Bertz CT molecular complexity index is 463. The number of allylic oxidation sites excluding steroid dienone is 2. The van der Waals surface area contributed by atoms with Crippen molar-refractivity contribution >= 4 is 0 Å². The molecule has 102 valence electrons. The fourth-order valence-electron chi connectivity index (χ4n) is 3.72. The van der Waals surface area contributed by atoms with Gasteiger partial charge in [0.05, 0.1) is 0 Å². The number of hydrogen-bond donors (Lipinski definition) is 1. The van der Waals surface area contributed by atoms with Gasteiger partial charge in [0.15, 0.2) is 0 Å². The zero-order valence-electron chi connectivity index (χ0n) is 12.1. The van der Waals surface area contributed by atoms with E-state index in [0.29, 0.717) is 6.04 Å². The number of benzene rings is 1. The summed E-state index contributed by atoms with van der Waals surface area (Å²) < 4.78 is 0. The molecule has 0 amide bonds. The molecule has 0 saturated heterocycles. The van der Waals surface area contributed by atoms with Crippen LogP contribution < -0.4 is 5.32 Å². The Morgan fingerprint density at radius 2 is 2.05 bits per heavy atom. The van der Waals surface area contributed by atoms with Gasteiger partial charge < -0.3 is 5.32 Å². The first kappa shape index (κ1) is 12.9. The van der Waals surface area contributed by atoms with E-state index in [1.807, 2.05) is 0 Å². The number of hydrogen-bond acceptors (Lipinski definition) is 1. The Hall–Kier alpha value is -1.08. The first-order valence-corrected chi connectivity index (χ1v) is 7.68. The third-order valence-electron chi connectivity index (χ3n) is 4.93. The Morgan fingerprint density at radius 1 is 1.21 bits per heavy atom. The first-order chi connectivity index (χ1) is 9.22. The predicted molar refractivity (Wildman–Crippen MR) is 81.2 cm³/mol. The fraction of sp³-hybridized carbons (Fsp3) is 0.556. The molecule has 1 saturated carbocycles. The highest BCUT2D eigenvalue weighted by Gasteiger charge is 2.35. The Kier molecular flexibility index (Phi) is 3.74. The van der Waals surface area contributed by atoms with E-state index >= 15 is 0 Å². The van der Waals surface area contributed by atoms with E-state index in [2.05, 4.69) is 55.6 Å². The normalized spacial score (nSPS) is 29.9. The lowest BCUT2D eigenvalue weighted by Crippen LogP contribution is -2.34. The minimum absolute atomic E-state index is 0.573. The van der Waals surface area contributed by atoms with Gasteiger partial charge in [0, 0.05) is 6.04 Å². The summed E-state index contributed by atoms with van der Waals surface area (Å²) >= 11 is 0. The molecule has 2 aliphatic carbocycles.